The topological polar surface area (TPSA) is 113 Å². The van der Waals surface area contributed by atoms with Crippen LogP contribution in [0, 0.1) is 10.1 Å². The average molecular weight is 263 g/mol. The van der Waals surface area contributed by atoms with Crippen molar-refractivity contribution in [2.24, 2.45) is 0 Å². The first-order valence-corrected chi connectivity index (χ1v) is 5.03. The minimum Gasteiger partial charge on any atom is -0.374 e. The summed E-state index contributed by atoms with van der Waals surface area (Å²) in [5.74, 6) is -0.236. The number of hydrogen-bond donors (Lipinski definition) is 2. The number of anilines is 1. The molecule has 0 spiro atoms. The van der Waals surface area contributed by atoms with E-state index in [4.69, 9.17) is 11.6 Å². The van der Waals surface area contributed by atoms with Gasteiger partial charge in [0.2, 0.25) is 11.0 Å². The van der Waals surface area contributed by atoms with Crippen molar-refractivity contribution in [3.05, 3.63) is 21.6 Å². The average Bonchev–Trinajstić information content (AvgIpc) is 2.15. The predicted octanol–water partition coefficient (Wildman–Crippen LogP) is 0.521. The van der Waals surface area contributed by atoms with E-state index in [0.717, 1.165) is 11.2 Å². The van der Waals surface area contributed by atoms with Gasteiger partial charge in [-0.3, -0.25) is 15.0 Å². The van der Waals surface area contributed by atoms with E-state index in [1.54, 1.807) is 0 Å². The second kappa shape index (κ2) is 5.21. The molecule has 1 aromatic heterocycles. The van der Waals surface area contributed by atoms with Crippen molar-refractivity contribution in [1.29, 1.82) is 0 Å². The van der Waals surface area contributed by atoms with E-state index in [1.807, 2.05) is 0 Å². The van der Waals surface area contributed by atoms with E-state index in [0.29, 0.717) is 0 Å². The Balaban J connectivity index is 3.38. The number of hydrogen-bond acceptors (Lipinski definition) is 7. The van der Waals surface area contributed by atoms with Crippen LogP contribution in [-0.2, 0) is 0 Å². The summed E-state index contributed by atoms with van der Waals surface area (Å²) in [6, 6.07) is 0. The minimum atomic E-state index is -1.17. The zero-order valence-electron chi connectivity index (χ0n) is 9.11. The van der Waals surface area contributed by atoms with Crippen LogP contribution in [-0.4, -0.2) is 37.6 Å². The van der Waals surface area contributed by atoms with Gasteiger partial charge in [0, 0.05) is 0 Å². The smallest absolute Gasteiger partial charge is 0.348 e. The lowest BCUT2D eigenvalue weighted by Gasteiger charge is -2.28. The number of nitro groups is 1. The van der Waals surface area contributed by atoms with Gasteiger partial charge >= 0.3 is 5.69 Å². The van der Waals surface area contributed by atoms with Crippen molar-refractivity contribution in [3.63, 3.8) is 0 Å². The number of aromatic nitrogens is 2. The van der Waals surface area contributed by atoms with Gasteiger partial charge in [0.25, 0.3) is 0 Å². The SMILES string of the molecule is CC(O)N(c1ncnc(Cl)c1[N+](=O)[O-])C(C)O. The van der Waals surface area contributed by atoms with E-state index in [1.165, 1.54) is 13.8 Å². The third-order valence-electron chi connectivity index (χ3n) is 1.99. The van der Waals surface area contributed by atoms with E-state index in [2.05, 4.69) is 9.97 Å². The van der Waals surface area contributed by atoms with Crippen LogP contribution in [0.3, 0.4) is 0 Å². The second-order valence-corrected chi connectivity index (χ2v) is 3.62. The van der Waals surface area contributed by atoms with E-state index < -0.39 is 23.1 Å². The van der Waals surface area contributed by atoms with Crippen molar-refractivity contribution in [1.82, 2.24) is 9.97 Å². The molecule has 0 saturated heterocycles. The van der Waals surface area contributed by atoms with Crippen molar-refractivity contribution < 1.29 is 15.1 Å². The summed E-state index contributed by atoms with van der Waals surface area (Å²) >= 11 is 5.60. The normalized spacial score (nSPS) is 14.2. The summed E-state index contributed by atoms with van der Waals surface area (Å²) in [4.78, 5) is 18.2. The van der Waals surface area contributed by atoms with Gasteiger partial charge in [-0.15, -0.1) is 0 Å². The molecule has 0 aliphatic rings. The zero-order chi connectivity index (χ0) is 13.2. The Morgan fingerprint density at radius 2 is 1.94 bits per heavy atom. The molecule has 0 aliphatic heterocycles. The number of halogens is 1. The van der Waals surface area contributed by atoms with Gasteiger partial charge in [-0.05, 0) is 13.8 Å². The van der Waals surface area contributed by atoms with E-state index >= 15 is 0 Å². The molecule has 8 nitrogen and oxygen atoms in total. The molecule has 2 N–H and O–H groups in total. The highest BCUT2D eigenvalue weighted by Crippen LogP contribution is 2.32. The molecule has 9 heteroatoms. The standard InChI is InChI=1S/C8H11ClN4O4/c1-4(14)12(5(2)15)8-6(13(16)17)7(9)10-3-11-8/h3-5,14-15H,1-2H3. The lowest BCUT2D eigenvalue weighted by Crippen LogP contribution is -2.41. The van der Waals surface area contributed by atoms with Crippen LogP contribution in [0.15, 0.2) is 6.33 Å². The van der Waals surface area contributed by atoms with Gasteiger partial charge in [0.15, 0.2) is 0 Å². The molecule has 0 aliphatic carbocycles. The fourth-order valence-corrected chi connectivity index (χ4v) is 1.56. The Hall–Kier alpha value is -1.51. The Bertz CT molecular complexity index is 418. The van der Waals surface area contributed by atoms with E-state index in [-0.39, 0.29) is 11.0 Å². The molecule has 2 unspecified atom stereocenters. The van der Waals surface area contributed by atoms with Crippen LogP contribution < -0.4 is 4.90 Å². The molecule has 2 atom stereocenters. The first-order chi connectivity index (χ1) is 7.86. The maximum Gasteiger partial charge on any atom is 0.348 e. The summed E-state index contributed by atoms with van der Waals surface area (Å²) in [5.41, 5.74) is -0.559. The molecule has 0 radical (unpaired) electrons. The third kappa shape index (κ3) is 2.78. The van der Waals surface area contributed by atoms with Crippen molar-refractivity contribution >= 4 is 23.1 Å². The molecule has 1 heterocycles. The molecule has 0 aromatic carbocycles. The molecule has 0 fully saturated rings. The summed E-state index contributed by atoms with van der Waals surface area (Å²) in [7, 11) is 0. The quantitative estimate of drug-likeness (QED) is 0.352. The zero-order valence-corrected chi connectivity index (χ0v) is 9.87. The van der Waals surface area contributed by atoms with E-state index in [9.17, 15) is 20.3 Å². The fourth-order valence-electron chi connectivity index (χ4n) is 1.36. The highest BCUT2D eigenvalue weighted by atomic mass is 35.5. The second-order valence-electron chi connectivity index (χ2n) is 3.26. The molecule has 1 rings (SSSR count). The monoisotopic (exact) mass is 262 g/mol. The number of rotatable bonds is 4. The van der Waals surface area contributed by atoms with Gasteiger partial charge in [-0.1, -0.05) is 11.6 Å². The summed E-state index contributed by atoms with van der Waals surface area (Å²) < 4.78 is 0. The number of aliphatic hydroxyl groups excluding tert-OH is 2. The molecule has 17 heavy (non-hydrogen) atoms. The van der Waals surface area contributed by atoms with Crippen molar-refractivity contribution in [2.75, 3.05) is 4.90 Å². The summed E-state index contributed by atoms with van der Waals surface area (Å²) in [6.45, 7) is 2.68. The number of nitrogens with zero attached hydrogens (tertiary/aromatic N) is 4. The van der Waals surface area contributed by atoms with Crippen LogP contribution in [0.2, 0.25) is 5.15 Å². The van der Waals surface area contributed by atoms with Gasteiger partial charge < -0.3 is 10.2 Å². The van der Waals surface area contributed by atoms with Gasteiger partial charge in [0.05, 0.1) is 4.92 Å². The Morgan fingerprint density at radius 3 is 2.35 bits per heavy atom. The third-order valence-corrected chi connectivity index (χ3v) is 2.27. The highest BCUT2D eigenvalue weighted by Gasteiger charge is 2.30. The highest BCUT2D eigenvalue weighted by molar-refractivity contribution is 6.31. The first-order valence-electron chi connectivity index (χ1n) is 4.65. The lowest BCUT2D eigenvalue weighted by molar-refractivity contribution is -0.384. The van der Waals surface area contributed by atoms with Gasteiger partial charge in [-0.25, -0.2) is 9.97 Å². The van der Waals surface area contributed by atoms with Crippen LogP contribution in [0.1, 0.15) is 13.8 Å². The maximum atomic E-state index is 10.8. The first kappa shape index (κ1) is 13.6. The number of aliphatic hydroxyl groups is 2. The molecule has 0 bridgehead atoms. The molecular weight excluding hydrogens is 252 g/mol. The van der Waals surface area contributed by atoms with Crippen LogP contribution in [0.5, 0.6) is 0 Å². The van der Waals surface area contributed by atoms with Crippen molar-refractivity contribution in [2.45, 2.75) is 26.3 Å². The largest absolute Gasteiger partial charge is 0.374 e. The fraction of sp³-hybridized carbons (Fsp3) is 0.500. The van der Waals surface area contributed by atoms with Crippen LogP contribution in [0.25, 0.3) is 0 Å². The Labute approximate surface area is 102 Å². The Morgan fingerprint density at radius 1 is 1.41 bits per heavy atom. The molecule has 0 amide bonds. The maximum absolute atomic E-state index is 10.8. The molecule has 94 valence electrons. The summed E-state index contributed by atoms with van der Waals surface area (Å²) in [6.07, 6.45) is -1.32. The van der Waals surface area contributed by atoms with Gasteiger partial charge in [0.1, 0.15) is 18.8 Å². The molecule has 1 aromatic rings. The molecular formula is C8H11ClN4O4. The lowest BCUT2D eigenvalue weighted by atomic mass is 10.3. The van der Waals surface area contributed by atoms with Crippen LogP contribution >= 0.6 is 11.6 Å². The van der Waals surface area contributed by atoms with Gasteiger partial charge in [-0.2, -0.15) is 0 Å². The van der Waals surface area contributed by atoms with Crippen LogP contribution in [0.4, 0.5) is 11.5 Å². The van der Waals surface area contributed by atoms with Crippen molar-refractivity contribution in [3.8, 4) is 0 Å². The summed E-state index contributed by atoms with van der Waals surface area (Å²) in [5, 5.41) is 29.4. The Kier molecular flexibility index (Phi) is 4.16. The molecule has 0 saturated carbocycles. The minimum absolute atomic E-state index is 0.236. The predicted molar refractivity (Wildman–Crippen MR) is 59.5 cm³/mol.